The molecule has 1 spiro atoms. The van der Waals surface area contributed by atoms with Crippen LogP contribution in [0.2, 0.25) is 0 Å². The minimum atomic E-state index is -0.444. The zero-order valence-corrected chi connectivity index (χ0v) is 18.8. The summed E-state index contributed by atoms with van der Waals surface area (Å²) in [6.45, 7) is 4.65. The van der Waals surface area contributed by atoms with Gasteiger partial charge in [-0.2, -0.15) is 0 Å². The summed E-state index contributed by atoms with van der Waals surface area (Å²) in [6, 6.07) is 7.17. The highest BCUT2D eigenvalue weighted by atomic mass is 19.1. The number of piperidine rings is 1. The molecule has 1 aromatic heterocycles. The van der Waals surface area contributed by atoms with Crippen molar-refractivity contribution in [1.82, 2.24) is 24.8 Å². The van der Waals surface area contributed by atoms with Gasteiger partial charge in [0.1, 0.15) is 6.67 Å². The van der Waals surface area contributed by atoms with Crippen molar-refractivity contribution in [1.29, 1.82) is 0 Å². The Morgan fingerprint density at radius 2 is 2.00 bits per heavy atom. The average molecular weight is 438 g/mol. The molecular formula is C25H32FN5O. The molecule has 32 heavy (non-hydrogen) atoms. The Labute approximate surface area is 188 Å². The van der Waals surface area contributed by atoms with E-state index in [0.717, 1.165) is 57.2 Å². The number of hydrogen-bond donors (Lipinski definition) is 0. The van der Waals surface area contributed by atoms with E-state index in [1.54, 1.807) is 6.20 Å². The van der Waals surface area contributed by atoms with Gasteiger partial charge in [0.15, 0.2) is 0 Å². The normalized spacial score (nSPS) is 33.1. The van der Waals surface area contributed by atoms with Crippen LogP contribution in [0.1, 0.15) is 61.8 Å². The predicted octanol–water partition coefficient (Wildman–Crippen LogP) is 3.53. The minimum absolute atomic E-state index is 0.219. The molecule has 0 radical (unpaired) electrons. The number of aromatic nitrogens is 3. The lowest BCUT2D eigenvalue weighted by Gasteiger charge is -2.37. The Balaban J connectivity index is 1.16. The third-order valence-corrected chi connectivity index (χ3v) is 9.08. The van der Waals surface area contributed by atoms with Gasteiger partial charge in [-0.15, -0.1) is 5.10 Å². The van der Waals surface area contributed by atoms with Gasteiger partial charge in [0.2, 0.25) is 5.91 Å². The standard InChI is InChI=1S/C25H32FN5O/c1-17-23-13-19-3-2-18(15-26)12-20(19)16-30(23)24(32)25(17)7-4-22(14-25)29-9-5-21(6-10-29)31-11-8-27-28-31/h2-3,8,11-12,17,21-23H,4-7,9-10,13-16H2,1H3/t17?,22?,23?,25-/m0/s1. The monoisotopic (exact) mass is 437 g/mol. The molecule has 3 aliphatic heterocycles. The number of benzene rings is 1. The van der Waals surface area contributed by atoms with Crippen molar-refractivity contribution in [2.75, 3.05) is 13.1 Å². The van der Waals surface area contributed by atoms with E-state index in [0.29, 0.717) is 36.0 Å². The third-order valence-electron chi connectivity index (χ3n) is 9.08. The van der Waals surface area contributed by atoms with Crippen molar-refractivity contribution in [3.63, 3.8) is 0 Å². The third kappa shape index (κ3) is 3.04. The fraction of sp³-hybridized carbons (Fsp3) is 0.640. The molecule has 3 fully saturated rings. The SMILES string of the molecule is CC1C2Cc3ccc(CF)cc3CN2C(=O)[C@]12CCC(N1CCC(n3ccnn3)CC1)C2. The number of amides is 1. The fourth-order valence-electron chi connectivity index (χ4n) is 7.16. The number of halogens is 1. The number of rotatable bonds is 3. The Kier molecular flexibility index (Phi) is 4.86. The van der Waals surface area contributed by atoms with E-state index in [1.807, 2.05) is 23.0 Å². The maximum Gasteiger partial charge on any atom is 0.229 e. The molecule has 6 rings (SSSR count). The minimum Gasteiger partial charge on any atom is -0.334 e. The molecule has 0 N–H and O–H groups in total. The van der Waals surface area contributed by atoms with E-state index in [9.17, 15) is 9.18 Å². The number of alkyl halides is 1. The maximum absolute atomic E-state index is 13.8. The topological polar surface area (TPSA) is 54.3 Å². The Morgan fingerprint density at radius 1 is 1.16 bits per heavy atom. The first-order chi connectivity index (χ1) is 15.6. The Morgan fingerprint density at radius 3 is 2.75 bits per heavy atom. The summed E-state index contributed by atoms with van der Waals surface area (Å²) in [5.74, 6) is 0.716. The summed E-state index contributed by atoms with van der Waals surface area (Å²) in [5.41, 5.74) is 2.93. The van der Waals surface area contributed by atoms with Crippen LogP contribution in [-0.2, 0) is 24.4 Å². The van der Waals surface area contributed by atoms with Gasteiger partial charge < -0.3 is 9.80 Å². The van der Waals surface area contributed by atoms with Gasteiger partial charge >= 0.3 is 0 Å². The van der Waals surface area contributed by atoms with Gasteiger partial charge in [0, 0.05) is 37.9 Å². The van der Waals surface area contributed by atoms with E-state index in [1.165, 1.54) is 5.56 Å². The molecular weight excluding hydrogens is 405 g/mol. The molecule has 6 nitrogen and oxygen atoms in total. The van der Waals surface area contributed by atoms with Crippen molar-refractivity contribution in [3.8, 4) is 0 Å². The number of fused-ring (bicyclic) bond motifs is 2. The van der Waals surface area contributed by atoms with Crippen molar-refractivity contribution < 1.29 is 9.18 Å². The molecule has 4 atom stereocenters. The summed E-state index contributed by atoms with van der Waals surface area (Å²) in [5, 5.41) is 8.14. The van der Waals surface area contributed by atoms with E-state index in [2.05, 4.69) is 33.1 Å². The van der Waals surface area contributed by atoms with E-state index in [4.69, 9.17) is 0 Å². The van der Waals surface area contributed by atoms with Crippen LogP contribution in [0.3, 0.4) is 0 Å². The highest BCUT2D eigenvalue weighted by molar-refractivity contribution is 5.87. The largest absolute Gasteiger partial charge is 0.334 e. The van der Waals surface area contributed by atoms with Crippen molar-refractivity contribution in [2.45, 2.75) is 76.8 Å². The predicted molar refractivity (Wildman–Crippen MR) is 118 cm³/mol. The summed E-state index contributed by atoms with van der Waals surface area (Å²) >= 11 is 0. The van der Waals surface area contributed by atoms with Crippen LogP contribution in [-0.4, -0.2) is 55.9 Å². The van der Waals surface area contributed by atoms with Crippen molar-refractivity contribution >= 4 is 5.91 Å². The molecule has 7 heteroatoms. The quantitative estimate of drug-likeness (QED) is 0.737. The highest BCUT2D eigenvalue weighted by Gasteiger charge is 2.60. The van der Waals surface area contributed by atoms with Crippen LogP contribution in [0.4, 0.5) is 4.39 Å². The van der Waals surface area contributed by atoms with Crippen LogP contribution in [0.15, 0.2) is 30.6 Å². The van der Waals surface area contributed by atoms with E-state index >= 15 is 0 Å². The van der Waals surface area contributed by atoms with Crippen LogP contribution >= 0.6 is 0 Å². The molecule has 0 bridgehead atoms. The number of carbonyl (C=O) groups excluding carboxylic acids is 1. The van der Waals surface area contributed by atoms with Gasteiger partial charge in [-0.25, -0.2) is 9.07 Å². The van der Waals surface area contributed by atoms with Gasteiger partial charge in [-0.3, -0.25) is 4.79 Å². The molecule has 4 aliphatic rings. The van der Waals surface area contributed by atoms with Gasteiger partial charge in [-0.1, -0.05) is 30.3 Å². The van der Waals surface area contributed by atoms with Crippen LogP contribution in [0.25, 0.3) is 0 Å². The van der Waals surface area contributed by atoms with E-state index < -0.39 is 6.67 Å². The zero-order valence-electron chi connectivity index (χ0n) is 18.8. The molecule has 2 saturated heterocycles. The lowest BCUT2D eigenvalue weighted by atomic mass is 9.73. The van der Waals surface area contributed by atoms with Gasteiger partial charge in [0.25, 0.3) is 0 Å². The molecule has 170 valence electrons. The number of hydrogen-bond acceptors (Lipinski definition) is 4. The van der Waals surface area contributed by atoms with E-state index in [-0.39, 0.29) is 11.5 Å². The Bertz CT molecular complexity index is 1000. The zero-order chi connectivity index (χ0) is 21.9. The fourth-order valence-corrected chi connectivity index (χ4v) is 7.16. The summed E-state index contributed by atoms with van der Waals surface area (Å²) in [6.07, 6.45) is 9.92. The first-order valence-corrected chi connectivity index (χ1v) is 12.2. The summed E-state index contributed by atoms with van der Waals surface area (Å²) < 4.78 is 15.2. The molecule has 4 heterocycles. The molecule has 2 aromatic rings. The summed E-state index contributed by atoms with van der Waals surface area (Å²) in [4.78, 5) is 18.5. The number of likely N-dealkylation sites (tertiary alicyclic amines) is 1. The molecule has 1 aromatic carbocycles. The lowest BCUT2D eigenvalue weighted by Crippen LogP contribution is -2.42. The van der Waals surface area contributed by atoms with Crippen LogP contribution in [0.5, 0.6) is 0 Å². The first-order valence-electron chi connectivity index (χ1n) is 12.2. The van der Waals surface area contributed by atoms with Crippen LogP contribution < -0.4 is 0 Å². The molecule has 1 amide bonds. The molecule has 1 saturated carbocycles. The number of nitrogens with zero attached hydrogens (tertiary/aromatic N) is 5. The Hall–Kier alpha value is -2.28. The molecule has 1 aliphatic carbocycles. The van der Waals surface area contributed by atoms with Crippen molar-refractivity contribution in [2.24, 2.45) is 11.3 Å². The molecule has 3 unspecified atom stereocenters. The summed E-state index contributed by atoms with van der Waals surface area (Å²) in [7, 11) is 0. The maximum atomic E-state index is 13.8. The van der Waals surface area contributed by atoms with Crippen LogP contribution in [0, 0.1) is 11.3 Å². The lowest BCUT2D eigenvalue weighted by molar-refractivity contribution is -0.138. The van der Waals surface area contributed by atoms with Crippen molar-refractivity contribution in [3.05, 3.63) is 47.3 Å². The second-order valence-electron chi connectivity index (χ2n) is 10.4. The number of carbonyl (C=O) groups is 1. The smallest absolute Gasteiger partial charge is 0.229 e. The second kappa shape index (κ2) is 7.65. The van der Waals surface area contributed by atoms with Gasteiger partial charge in [0.05, 0.1) is 17.7 Å². The highest BCUT2D eigenvalue weighted by Crippen LogP contribution is 2.55. The van der Waals surface area contributed by atoms with Gasteiger partial charge in [-0.05, 0) is 61.1 Å². The second-order valence-corrected chi connectivity index (χ2v) is 10.4. The first kappa shape index (κ1) is 20.3. The average Bonchev–Trinajstić information content (AvgIpc) is 3.56.